The van der Waals surface area contributed by atoms with Crippen molar-refractivity contribution >= 4 is 17.6 Å². The summed E-state index contributed by atoms with van der Waals surface area (Å²) in [5.41, 5.74) is 10.1. The van der Waals surface area contributed by atoms with Crippen LogP contribution in [-0.4, -0.2) is 39.3 Å². The van der Waals surface area contributed by atoms with Gasteiger partial charge in [0.2, 0.25) is 11.8 Å². The summed E-state index contributed by atoms with van der Waals surface area (Å²) in [6.07, 6.45) is 3.72. The molecule has 2 amide bonds. The number of rotatable bonds is 10. The van der Waals surface area contributed by atoms with E-state index in [0.29, 0.717) is 30.0 Å². The van der Waals surface area contributed by atoms with Gasteiger partial charge in [-0.05, 0) is 59.7 Å². The standard InChI is InChI=1S/C31H36N6O4/c1-31(2,3)23-10-12-24(13-11-23)37-28(19-27(35-37)22-6-5-17-36(41)20-22)33-16-4-7-29(39)34-30(40)26(32)18-21-8-14-25(38)15-9-21/h5-6,8-15,17,19-20,26,33,38H,4,7,16,18,32H2,1-3H3,(H,34,39,40). The molecule has 0 fully saturated rings. The van der Waals surface area contributed by atoms with Crippen molar-refractivity contribution in [3.05, 3.63) is 95.5 Å². The first kappa shape index (κ1) is 29.3. The average molecular weight is 557 g/mol. The van der Waals surface area contributed by atoms with Gasteiger partial charge in [0.05, 0.1) is 17.3 Å². The Morgan fingerprint density at radius 2 is 1.80 bits per heavy atom. The van der Waals surface area contributed by atoms with Crippen molar-refractivity contribution in [3.8, 4) is 22.7 Å². The monoisotopic (exact) mass is 556 g/mol. The zero-order valence-electron chi connectivity index (χ0n) is 23.5. The minimum absolute atomic E-state index is 0.0120. The lowest BCUT2D eigenvalue weighted by molar-refractivity contribution is -0.604. The van der Waals surface area contributed by atoms with Crippen LogP contribution in [0.4, 0.5) is 5.82 Å². The number of imide groups is 1. The number of anilines is 1. The lowest BCUT2D eigenvalue weighted by Gasteiger charge is -2.19. The minimum Gasteiger partial charge on any atom is -0.619 e. The SMILES string of the molecule is CC(C)(C)c1ccc(-n2nc(-c3ccc[n+]([O-])c3)cc2NCCCC(=O)NC(=O)C(N)Cc2ccc(O)cc2)cc1. The largest absolute Gasteiger partial charge is 0.619 e. The zero-order valence-corrected chi connectivity index (χ0v) is 23.5. The van der Waals surface area contributed by atoms with Crippen LogP contribution in [-0.2, 0) is 21.4 Å². The van der Waals surface area contributed by atoms with Crippen LogP contribution in [0.1, 0.15) is 44.7 Å². The summed E-state index contributed by atoms with van der Waals surface area (Å²) < 4.78 is 2.51. The van der Waals surface area contributed by atoms with E-state index in [9.17, 15) is 19.9 Å². The zero-order chi connectivity index (χ0) is 29.6. The number of aromatic nitrogens is 3. The highest BCUT2D eigenvalue weighted by molar-refractivity contribution is 5.97. The number of hydrogen-bond donors (Lipinski definition) is 4. The molecule has 5 N–H and O–H groups in total. The Kier molecular flexibility index (Phi) is 9.04. The maximum Gasteiger partial charge on any atom is 0.243 e. The van der Waals surface area contributed by atoms with E-state index in [4.69, 9.17) is 10.8 Å². The number of hydrogen-bond acceptors (Lipinski definition) is 7. The number of nitrogens with one attached hydrogen (secondary N) is 2. The second-order valence-corrected chi connectivity index (χ2v) is 11.0. The molecular weight excluding hydrogens is 520 g/mol. The van der Waals surface area contributed by atoms with Gasteiger partial charge in [0, 0.05) is 25.1 Å². The first-order valence-electron chi connectivity index (χ1n) is 13.5. The molecule has 0 bridgehead atoms. The molecule has 4 rings (SSSR count). The van der Waals surface area contributed by atoms with Gasteiger partial charge in [0.25, 0.3) is 0 Å². The van der Waals surface area contributed by atoms with Crippen molar-refractivity contribution in [1.82, 2.24) is 15.1 Å². The van der Waals surface area contributed by atoms with Gasteiger partial charge < -0.3 is 21.4 Å². The molecule has 41 heavy (non-hydrogen) atoms. The van der Waals surface area contributed by atoms with Gasteiger partial charge in [0.15, 0.2) is 12.4 Å². The number of phenolic OH excluding ortho intramolecular Hbond substituents is 1. The second kappa shape index (κ2) is 12.6. The third-order valence-corrected chi connectivity index (χ3v) is 6.64. The molecule has 10 heteroatoms. The molecule has 10 nitrogen and oxygen atoms in total. The van der Waals surface area contributed by atoms with E-state index in [1.165, 1.54) is 30.1 Å². The van der Waals surface area contributed by atoms with Crippen LogP contribution in [0.3, 0.4) is 0 Å². The second-order valence-electron chi connectivity index (χ2n) is 11.0. The normalized spacial score (nSPS) is 12.1. The average Bonchev–Trinajstić information content (AvgIpc) is 3.36. The summed E-state index contributed by atoms with van der Waals surface area (Å²) in [4.78, 5) is 24.8. The molecule has 1 unspecified atom stereocenters. The van der Waals surface area contributed by atoms with Gasteiger partial charge >= 0.3 is 0 Å². The molecule has 0 saturated heterocycles. The molecular formula is C31H36N6O4. The molecule has 2 heterocycles. The highest BCUT2D eigenvalue weighted by Crippen LogP contribution is 2.27. The Morgan fingerprint density at radius 3 is 2.46 bits per heavy atom. The first-order valence-corrected chi connectivity index (χ1v) is 13.5. The highest BCUT2D eigenvalue weighted by atomic mass is 16.5. The van der Waals surface area contributed by atoms with Crippen LogP contribution in [0.15, 0.2) is 79.1 Å². The van der Waals surface area contributed by atoms with E-state index in [0.717, 1.165) is 16.0 Å². The summed E-state index contributed by atoms with van der Waals surface area (Å²) in [6, 6.07) is 19.0. The maximum atomic E-state index is 12.4. The summed E-state index contributed by atoms with van der Waals surface area (Å²) in [5.74, 6) is -0.119. The van der Waals surface area contributed by atoms with E-state index in [1.807, 2.05) is 24.3 Å². The molecule has 0 spiro atoms. The summed E-state index contributed by atoms with van der Waals surface area (Å²) >= 11 is 0. The van der Waals surface area contributed by atoms with E-state index < -0.39 is 17.9 Å². The fourth-order valence-electron chi connectivity index (χ4n) is 4.29. The number of carbonyl (C=O) groups is 2. The molecule has 0 aliphatic heterocycles. The van der Waals surface area contributed by atoms with Gasteiger partial charge in [-0.15, -0.1) is 0 Å². The number of amides is 2. The number of aromatic hydroxyl groups is 1. The lowest BCUT2D eigenvalue weighted by atomic mass is 9.87. The Labute approximate surface area is 239 Å². The molecule has 0 aliphatic carbocycles. The maximum absolute atomic E-state index is 12.4. The molecule has 1 atom stereocenters. The summed E-state index contributed by atoms with van der Waals surface area (Å²) in [5, 5.41) is 31.7. The molecule has 2 aromatic heterocycles. The predicted octanol–water partition coefficient (Wildman–Crippen LogP) is 3.58. The molecule has 0 saturated carbocycles. The van der Waals surface area contributed by atoms with Crippen molar-refractivity contribution in [3.63, 3.8) is 0 Å². The Hall–Kier alpha value is -4.70. The van der Waals surface area contributed by atoms with Crippen LogP contribution in [0.25, 0.3) is 16.9 Å². The van der Waals surface area contributed by atoms with E-state index in [-0.39, 0.29) is 24.0 Å². The number of pyridine rings is 1. The number of carbonyl (C=O) groups excluding carboxylic acids is 2. The van der Waals surface area contributed by atoms with Crippen molar-refractivity contribution in [2.24, 2.45) is 5.73 Å². The van der Waals surface area contributed by atoms with Gasteiger partial charge in [0.1, 0.15) is 17.3 Å². The first-order chi connectivity index (χ1) is 19.5. The molecule has 0 radical (unpaired) electrons. The van der Waals surface area contributed by atoms with Crippen LogP contribution in [0.5, 0.6) is 5.75 Å². The van der Waals surface area contributed by atoms with E-state index >= 15 is 0 Å². The predicted molar refractivity (Wildman–Crippen MR) is 157 cm³/mol. The number of nitrogens with two attached hydrogens (primary N) is 1. The van der Waals surface area contributed by atoms with Gasteiger partial charge in [-0.3, -0.25) is 14.9 Å². The van der Waals surface area contributed by atoms with Crippen molar-refractivity contribution < 1.29 is 19.4 Å². The number of nitrogens with zero attached hydrogens (tertiary/aromatic N) is 3. The molecule has 0 aliphatic rings. The highest BCUT2D eigenvalue weighted by Gasteiger charge is 2.18. The van der Waals surface area contributed by atoms with Gasteiger partial charge in [-0.1, -0.05) is 45.0 Å². The van der Waals surface area contributed by atoms with E-state index in [2.05, 4.69) is 43.5 Å². The van der Waals surface area contributed by atoms with E-state index in [1.54, 1.807) is 22.9 Å². The van der Waals surface area contributed by atoms with Crippen molar-refractivity contribution in [1.29, 1.82) is 0 Å². The number of phenols is 1. The van der Waals surface area contributed by atoms with Crippen molar-refractivity contribution in [2.45, 2.75) is 51.5 Å². The molecule has 214 valence electrons. The Bertz CT molecular complexity index is 1490. The van der Waals surface area contributed by atoms with Crippen LogP contribution in [0.2, 0.25) is 0 Å². The van der Waals surface area contributed by atoms with Crippen LogP contribution >= 0.6 is 0 Å². The van der Waals surface area contributed by atoms with Crippen molar-refractivity contribution in [2.75, 3.05) is 11.9 Å². The third-order valence-electron chi connectivity index (χ3n) is 6.64. The Morgan fingerprint density at radius 1 is 1.10 bits per heavy atom. The topological polar surface area (TPSA) is 149 Å². The minimum atomic E-state index is -0.884. The summed E-state index contributed by atoms with van der Waals surface area (Å²) in [6.45, 7) is 6.91. The third kappa shape index (κ3) is 7.92. The van der Waals surface area contributed by atoms with Gasteiger partial charge in [-0.2, -0.15) is 9.83 Å². The van der Waals surface area contributed by atoms with Crippen LogP contribution < -0.4 is 21.1 Å². The number of benzene rings is 2. The smallest absolute Gasteiger partial charge is 0.243 e. The lowest BCUT2D eigenvalue weighted by Crippen LogP contribution is -2.44. The summed E-state index contributed by atoms with van der Waals surface area (Å²) in [7, 11) is 0. The molecule has 2 aromatic carbocycles. The van der Waals surface area contributed by atoms with Crippen LogP contribution in [0, 0.1) is 5.21 Å². The molecule has 4 aromatic rings. The fourth-order valence-corrected chi connectivity index (χ4v) is 4.29. The quantitative estimate of drug-likeness (QED) is 0.132. The fraction of sp³-hybridized carbons (Fsp3) is 0.290. The van der Waals surface area contributed by atoms with Gasteiger partial charge in [-0.25, -0.2) is 4.68 Å². The Balaban J connectivity index is 1.38.